The topological polar surface area (TPSA) is 45.7 Å². The van der Waals surface area contributed by atoms with Gasteiger partial charge in [0, 0.05) is 49.9 Å². The predicted octanol–water partition coefficient (Wildman–Crippen LogP) is 3.46. The van der Waals surface area contributed by atoms with Gasteiger partial charge in [-0.25, -0.2) is 0 Å². The normalized spacial score (nSPS) is 14.9. The molecule has 28 heavy (non-hydrogen) atoms. The van der Waals surface area contributed by atoms with Crippen molar-refractivity contribution in [3.8, 4) is 5.75 Å². The summed E-state index contributed by atoms with van der Waals surface area (Å²) in [6.45, 7) is 5.08. The zero-order chi connectivity index (χ0) is 19.2. The first-order valence-corrected chi connectivity index (χ1v) is 9.84. The Morgan fingerprint density at radius 3 is 2.61 bits per heavy atom. The van der Waals surface area contributed by atoms with Crippen LogP contribution < -0.4 is 4.74 Å². The Hall–Kier alpha value is -2.92. The van der Waals surface area contributed by atoms with E-state index in [1.54, 1.807) is 6.20 Å². The second-order valence-corrected chi connectivity index (χ2v) is 7.06. The van der Waals surface area contributed by atoms with Gasteiger partial charge in [0.15, 0.2) is 0 Å². The molecule has 5 nitrogen and oxygen atoms in total. The molecule has 4 rings (SSSR count). The zero-order valence-corrected chi connectivity index (χ0v) is 16.0. The Morgan fingerprint density at radius 1 is 0.964 bits per heavy atom. The van der Waals surface area contributed by atoms with Gasteiger partial charge in [0.1, 0.15) is 5.75 Å². The largest absolute Gasteiger partial charge is 0.494 e. The second kappa shape index (κ2) is 8.85. The van der Waals surface area contributed by atoms with Crippen molar-refractivity contribution in [3.05, 3.63) is 72.4 Å². The second-order valence-electron chi connectivity index (χ2n) is 7.06. The number of nitrogens with zero attached hydrogens (tertiary/aromatic N) is 3. The van der Waals surface area contributed by atoms with Crippen molar-refractivity contribution in [2.45, 2.75) is 6.42 Å². The Morgan fingerprint density at radius 2 is 1.79 bits per heavy atom. The standard InChI is InChI=1S/C23H25N3O2/c27-23(19-6-2-1-3-7-19)26-15-13-25(14-16-26)12-5-17-28-21-9-10-22-20(18-21)8-4-11-24-22/h1-4,6-11,18H,5,12-17H2. The SMILES string of the molecule is O=C(c1ccccc1)N1CCN(CCCOc2ccc3ncccc3c2)CC1. The first kappa shape index (κ1) is 18.4. The van der Waals surface area contributed by atoms with Gasteiger partial charge in [0.25, 0.3) is 5.91 Å². The fourth-order valence-electron chi connectivity index (χ4n) is 3.56. The summed E-state index contributed by atoms with van der Waals surface area (Å²) in [6, 6.07) is 19.5. The van der Waals surface area contributed by atoms with Crippen LogP contribution in [0.15, 0.2) is 66.9 Å². The molecule has 2 aromatic carbocycles. The highest BCUT2D eigenvalue weighted by Crippen LogP contribution is 2.19. The molecule has 1 amide bonds. The van der Waals surface area contributed by atoms with Gasteiger partial charge in [-0.3, -0.25) is 14.7 Å². The molecule has 1 fully saturated rings. The molecule has 144 valence electrons. The third kappa shape index (κ3) is 4.49. The number of pyridine rings is 1. The molecular formula is C23H25N3O2. The fourth-order valence-corrected chi connectivity index (χ4v) is 3.56. The van der Waals surface area contributed by atoms with Crippen molar-refractivity contribution in [1.82, 2.24) is 14.8 Å². The molecule has 2 heterocycles. The lowest BCUT2D eigenvalue weighted by Gasteiger charge is -2.34. The van der Waals surface area contributed by atoms with Crippen LogP contribution in [0.3, 0.4) is 0 Å². The van der Waals surface area contributed by atoms with Crippen molar-refractivity contribution in [1.29, 1.82) is 0 Å². The van der Waals surface area contributed by atoms with Gasteiger partial charge in [-0.15, -0.1) is 0 Å². The van der Waals surface area contributed by atoms with Crippen LogP contribution in [0.5, 0.6) is 5.75 Å². The molecule has 0 spiro atoms. The molecule has 1 aliphatic rings. The van der Waals surface area contributed by atoms with E-state index in [9.17, 15) is 4.79 Å². The van der Waals surface area contributed by atoms with E-state index in [1.807, 2.05) is 65.6 Å². The van der Waals surface area contributed by atoms with Crippen molar-refractivity contribution < 1.29 is 9.53 Å². The van der Waals surface area contributed by atoms with Gasteiger partial charge in [-0.1, -0.05) is 24.3 Å². The Kier molecular flexibility index (Phi) is 5.83. The van der Waals surface area contributed by atoms with E-state index in [0.29, 0.717) is 6.61 Å². The van der Waals surface area contributed by atoms with Crippen LogP contribution in [-0.4, -0.2) is 60.0 Å². The number of hydrogen-bond acceptors (Lipinski definition) is 4. The first-order valence-electron chi connectivity index (χ1n) is 9.84. The molecule has 5 heteroatoms. The van der Waals surface area contributed by atoms with E-state index in [2.05, 4.69) is 9.88 Å². The molecule has 1 aliphatic heterocycles. The maximum absolute atomic E-state index is 12.5. The molecule has 1 aromatic heterocycles. The summed E-state index contributed by atoms with van der Waals surface area (Å²) in [5.41, 5.74) is 1.76. The monoisotopic (exact) mass is 375 g/mol. The maximum atomic E-state index is 12.5. The van der Waals surface area contributed by atoms with Gasteiger partial charge >= 0.3 is 0 Å². The summed E-state index contributed by atoms with van der Waals surface area (Å²) < 4.78 is 5.90. The van der Waals surface area contributed by atoms with Crippen LogP contribution in [-0.2, 0) is 0 Å². The highest BCUT2D eigenvalue weighted by Gasteiger charge is 2.21. The predicted molar refractivity (Wildman–Crippen MR) is 111 cm³/mol. The number of piperazine rings is 1. The van der Waals surface area contributed by atoms with E-state index in [4.69, 9.17) is 4.74 Å². The van der Waals surface area contributed by atoms with Crippen molar-refractivity contribution >= 4 is 16.8 Å². The van der Waals surface area contributed by atoms with E-state index >= 15 is 0 Å². The third-order valence-corrected chi connectivity index (χ3v) is 5.14. The summed E-state index contributed by atoms with van der Waals surface area (Å²) in [5, 5.41) is 1.10. The van der Waals surface area contributed by atoms with E-state index in [1.165, 1.54) is 0 Å². The van der Waals surface area contributed by atoms with E-state index in [0.717, 1.165) is 61.4 Å². The molecule has 0 atom stereocenters. The number of aromatic nitrogens is 1. The minimum atomic E-state index is 0.134. The number of carbonyl (C=O) groups excluding carboxylic acids is 1. The Bertz CT molecular complexity index is 921. The van der Waals surface area contributed by atoms with Crippen LogP contribution in [0.1, 0.15) is 16.8 Å². The summed E-state index contributed by atoms with van der Waals surface area (Å²) in [4.78, 5) is 21.2. The minimum Gasteiger partial charge on any atom is -0.494 e. The number of ether oxygens (including phenoxy) is 1. The van der Waals surface area contributed by atoms with Crippen LogP contribution in [0.4, 0.5) is 0 Å². The summed E-state index contributed by atoms with van der Waals surface area (Å²) in [7, 11) is 0. The first-order chi connectivity index (χ1) is 13.8. The number of fused-ring (bicyclic) bond motifs is 1. The molecule has 0 saturated carbocycles. The van der Waals surface area contributed by atoms with Gasteiger partial charge < -0.3 is 9.64 Å². The summed E-state index contributed by atoms with van der Waals surface area (Å²) >= 11 is 0. The van der Waals surface area contributed by atoms with Crippen molar-refractivity contribution in [2.24, 2.45) is 0 Å². The van der Waals surface area contributed by atoms with Crippen molar-refractivity contribution in [3.63, 3.8) is 0 Å². The molecule has 0 N–H and O–H groups in total. The number of amides is 1. The Labute approximate surface area is 165 Å². The number of hydrogen-bond donors (Lipinski definition) is 0. The average molecular weight is 375 g/mol. The van der Waals surface area contributed by atoms with E-state index in [-0.39, 0.29) is 5.91 Å². The molecule has 0 bridgehead atoms. The third-order valence-electron chi connectivity index (χ3n) is 5.14. The average Bonchev–Trinajstić information content (AvgIpc) is 2.77. The van der Waals surface area contributed by atoms with Gasteiger partial charge in [-0.2, -0.15) is 0 Å². The number of carbonyl (C=O) groups is 1. The molecular weight excluding hydrogens is 350 g/mol. The minimum absolute atomic E-state index is 0.134. The van der Waals surface area contributed by atoms with Crippen LogP contribution >= 0.6 is 0 Å². The van der Waals surface area contributed by atoms with Crippen LogP contribution in [0, 0.1) is 0 Å². The summed E-state index contributed by atoms with van der Waals surface area (Å²) in [5.74, 6) is 1.02. The lowest BCUT2D eigenvalue weighted by atomic mass is 10.2. The highest BCUT2D eigenvalue weighted by atomic mass is 16.5. The van der Waals surface area contributed by atoms with Gasteiger partial charge in [0.2, 0.25) is 0 Å². The molecule has 1 saturated heterocycles. The number of benzene rings is 2. The molecule has 0 radical (unpaired) electrons. The Balaban J connectivity index is 1.19. The van der Waals surface area contributed by atoms with Crippen molar-refractivity contribution in [2.75, 3.05) is 39.3 Å². The highest BCUT2D eigenvalue weighted by molar-refractivity contribution is 5.94. The smallest absolute Gasteiger partial charge is 0.253 e. The number of rotatable bonds is 6. The fraction of sp³-hybridized carbons (Fsp3) is 0.304. The molecule has 0 aliphatic carbocycles. The maximum Gasteiger partial charge on any atom is 0.253 e. The van der Waals surface area contributed by atoms with Crippen LogP contribution in [0.2, 0.25) is 0 Å². The lowest BCUT2D eigenvalue weighted by Crippen LogP contribution is -2.49. The summed E-state index contributed by atoms with van der Waals surface area (Å²) in [6.07, 6.45) is 2.77. The van der Waals surface area contributed by atoms with Crippen LogP contribution in [0.25, 0.3) is 10.9 Å². The quantitative estimate of drug-likeness (QED) is 0.619. The van der Waals surface area contributed by atoms with Gasteiger partial charge in [0.05, 0.1) is 12.1 Å². The molecule has 0 unspecified atom stereocenters. The van der Waals surface area contributed by atoms with E-state index < -0.39 is 0 Å². The van der Waals surface area contributed by atoms with Gasteiger partial charge in [-0.05, 0) is 42.8 Å². The molecule has 3 aromatic rings. The lowest BCUT2D eigenvalue weighted by molar-refractivity contribution is 0.0630. The zero-order valence-electron chi connectivity index (χ0n) is 16.0.